The lowest BCUT2D eigenvalue weighted by molar-refractivity contribution is 1.26. The maximum absolute atomic E-state index is 5.71. The van der Waals surface area contributed by atoms with Gasteiger partial charge in [-0.05, 0) is 18.6 Å². The van der Waals surface area contributed by atoms with Crippen LogP contribution in [0.4, 0.5) is 5.69 Å². The second-order valence-corrected chi connectivity index (χ2v) is 2.28. The first-order valence-electron chi connectivity index (χ1n) is 3.32. The zero-order valence-corrected chi connectivity index (χ0v) is 6.46. The van der Waals surface area contributed by atoms with Gasteiger partial charge in [-0.1, -0.05) is 6.58 Å². The molecular weight excluding hydrogens is 136 g/mol. The molecule has 2 N–H and O–H groups in total. The van der Waals surface area contributed by atoms with Gasteiger partial charge in [0.1, 0.15) is 0 Å². The Hall–Kier alpha value is -1.53. The molecule has 1 rings (SSSR count). The number of hydrogen-bond acceptors (Lipinski definition) is 2. The molecule has 11 heavy (non-hydrogen) atoms. The van der Waals surface area contributed by atoms with Crippen LogP contribution < -0.4 is 5.73 Å². The largest absolute Gasteiger partial charge is 0.397 e. The first-order valence-corrected chi connectivity index (χ1v) is 3.32. The third-order valence-electron chi connectivity index (χ3n) is 1.48. The second kappa shape index (κ2) is 3.04. The summed E-state index contributed by atoms with van der Waals surface area (Å²) >= 11 is 0. The van der Waals surface area contributed by atoms with Gasteiger partial charge in [0, 0.05) is 12.3 Å². The molecule has 0 radical (unpaired) electrons. The van der Waals surface area contributed by atoms with Crippen molar-refractivity contribution >= 4 is 11.8 Å². The van der Waals surface area contributed by atoms with Crippen LogP contribution in [0.2, 0.25) is 0 Å². The van der Waals surface area contributed by atoms with E-state index in [1.54, 1.807) is 12.3 Å². The molecular formula is C9H10N2. The fraction of sp³-hybridized carbons (Fsp3) is 0.111. The summed E-state index contributed by atoms with van der Waals surface area (Å²) in [5.74, 6) is 0. The molecule has 0 spiro atoms. The highest BCUT2D eigenvalue weighted by atomic mass is 14.7. The van der Waals surface area contributed by atoms with E-state index in [1.165, 1.54) is 0 Å². The zero-order chi connectivity index (χ0) is 8.27. The lowest BCUT2D eigenvalue weighted by Crippen LogP contribution is -1.94. The van der Waals surface area contributed by atoms with Crippen LogP contribution in [0.5, 0.6) is 0 Å². The van der Waals surface area contributed by atoms with Crippen LogP contribution in [0.3, 0.4) is 0 Å². The van der Waals surface area contributed by atoms with Crippen LogP contribution in [-0.4, -0.2) is 4.98 Å². The molecule has 0 aliphatic rings. The van der Waals surface area contributed by atoms with Crippen molar-refractivity contribution in [2.24, 2.45) is 0 Å². The topological polar surface area (TPSA) is 38.9 Å². The molecule has 0 aliphatic carbocycles. The normalized spacial score (nSPS) is 8.82. The number of anilines is 1. The van der Waals surface area contributed by atoms with E-state index in [1.807, 2.05) is 13.0 Å². The number of hydrogen-bond donors (Lipinski definition) is 1. The fourth-order valence-electron chi connectivity index (χ4n) is 0.802. The number of nitrogens with two attached hydrogens (primary N) is 1. The summed E-state index contributed by atoms with van der Waals surface area (Å²) in [5, 5.41) is 0. The molecule has 0 fully saturated rings. The SMILES string of the molecule is C=C=Cc1nccc(C)c1N. The minimum absolute atomic E-state index is 0.698. The Balaban J connectivity index is 3.26. The van der Waals surface area contributed by atoms with Gasteiger partial charge < -0.3 is 5.73 Å². The Bertz CT molecular complexity index is 309. The number of aromatic nitrogens is 1. The number of rotatable bonds is 1. The van der Waals surface area contributed by atoms with E-state index in [4.69, 9.17) is 5.73 Å². The summed E-state index contributed by atoms with van der Waals surface area (Å²) < 4.78 is 0. The first-order chi connectivity index (χ1) is 5.25. The van der Waals surface area contributed by atoms with Crippen molar-refractivity contribution in [1.82, 2.24) is 4.98 Å². The minimum Gasteiger partial charge on any atom is -0.397 e. The molecule has 1 aromatic heterocycles. The van der Waals surface area contributed by atoms with Gasteiger partial charge >= 0.3 is 0 Å². The Labute approximate surface area is 66.1 Å². The van der Waals surface area contributed by atoms with Crippen molar-refractivity contribution in [2.45, 2.75) is 6.92 Å². The predicted octanol–water partition coefficient (Wildman–Crippen LogP) is 1.77. The van der Waals surface area contributed by atoms with Crippen molar-refractivity contribution < 1.29 is 0 Å². The predicted molar refractivity (Wildman–Crippen MR) is 47.0 cm³/mol. The van der Waals surface area contributed by atoms with Crippen molar-refractivity contribution in [2.75, 3.05) is 5.73 Å². The third kappa shape index (κ3) is 1.48. The Morgan fingerprint density at radius 1 is 1.73 bits per heavy atom. The van der Waals surface area contributed by atoms with Crippen LogP contribution in [0.15, 0.2) is 24.6 Å². The Morgan fingerprint density at radius 3 is 3.09 bits per heavy atom. The molecule has 2 heteroatoms. The molecule has 0 amide bonds. The highest BCUT2D eigenvalue weighted by Crippen LogP contribution is 2.13. The van der Waals surface area contributed by atoms with E-state index >= 15 is 0 Å². The molecule has 0 atom stereocenters. The van der Waals surface area contributed by atoms with Crippen molar-refractivity contribution in [3.05, 3.63) is 35.8 Å². The van der Waals surface area contributed by atoms with Gasteiger partial charge in [-0.25, -0.2) is 0 Å². The van der Waals surface area contributed by atoms with Crippen LogP contribution in [0.1, 0.15) is 11.3 Å². The molecule has 0 saturated carbocycles. The minimum atomic E-state index is 0.698. The lowest BCUT2D eigenvalue weighted by Gasteiger charge is -2.00. The Morgan fingerprint density at radius 2 is 2.45 bits per heavy atom. The van der Waals surface area contributed by atoms with E-state index in [0.29, 0.717) is 5.69 Å². The van der Waals surface area contributed by atoms with E-state index in [9.17, 15) is 0 Å². The van der Waals surface area contributed by atoms with Gasteiger partial charge in [0.15, 0.2) is 0 Å². The van der Waals surface area contributed by atoms with Crippen LogP contribution in [0, 0.1) is 6.92 Å². The third-order valence-corrected chi connectivity index (χ3v) is 1.48. The summed E-state index contributed by atoms with van der Waals surface area (Å²) in [5.41, 5.74) is 10.8. The number of nitrogen functional groups attached to an aromatic ring is 1. The number of nitrogens with zero attached hydrogens (tertiary/aromatic N) is 1. The second-order valence-electron chi connectivity index (χ2n) is 2.28. The van der Waals surface area contributed by atoms with Crippen molar-refractivity contribution in [1.29, 1.82) is 0 Å². The smallest absolute Gasteiger partial charge is 0.0938 e. The lowest BCUT2D eigenvalue weighted by atomic mass is 10.2. The molecule has 0 aliphatic heterocycles. The van der Waals surface area contributed by atoms with E-state index < -0.39 is 0 Å². The van der Waals surface area contributed by atoms with E-state index in [2.05, 4.69) is 17.3 Å². The average Bonchev–Trinajstić information content (AvgIpc) is 1.99. The van der Waals surface area contributed by atoms with Gasteiger partial charge in [0.25, 0.3) is 0 Å². The molecule has 0 unspecified atom stereocenters. The molecule has 1 aromatic rings. The maximum Gasteiger partial charge on any atom is 0.0938 e. The summed E-state index contributed by atoms with van der Waals surface area (Å²) in [7, 11) is 0. The molecule has 2 nitrogen and oxygen atoms in total. The van der Waals surface area contributed by atoms with Gasteiger partial charge in [-0.3, -0.25) is 4.98 Å². The van der Waals surface area contributed by atoms with Gasteiger partial charge in [-0.15, -0.1) is 5.73 Å². The van der Waals surface area contributed by atoms with Crippen LogP contribution >= 0.6 is 0 Å². The van der Waals surface area contributed by atoms with Crippen LogP contribution in [-0.2, 0) is 0 Å². The molecule has 0 saturated heterocycles. The van der Waals surface area contributed by atoms with Gasteiger partial charge in [0.05, 0.1) is 11.4 Å². The zero-order valence-electron chi connectivity index (χ0n) is 6.46. The summed E-state index contributed by atoms with van der Waals surface area (Å²) in [6, 6.07) is 1.87. The van der Waals surface area contributed by atoms with E-state index in [0.717, 1.165) is 11.3 Å². The first kappa shape index (κ1) is 7.58. The average molecular weight is 146 g/mol. The monoisotopic (exact) mass is 146 g/mol. The standard InChI is InChI=1S/C9H10N2/c1-3-4-8-9(10)7(2)5-6-11-8/h4-6H,1,10H2,2H3. The van der Waals surface area contributed by atoms with E-state index in [-0.39, 0.29) is 0 Å². The fourth-order valence-corrected chi connectivity index (χ4v) is 0.802. The highest BCUT2D eigenvalue weighted by molar-refractivity contribution is 5.63. The molecule has 0 aromatic carbocycles. The van der Waals surface area contributed by atoms with Gasteiger partial charge in [-0.2, -0.15) is 0 Å². The van der Waals surface area contributed by atoms with Crippen molar-refractivity contribution in [3.63, 3.8) is 0 Å². The van der Waals surface area contributed by atoms with Gasteiger partial charge in [0.2, 0.25) is 0 Å². The summed E-state index contributed by atoms with van der Waals surface area (Å²) in [6.45, 7) is 5.39. The van der Waals surface area contributed by atoms with Crippen LogP contribution in [0.25, 0.3) is 6.08 Å². The number of aryl methyl sites for hydroxylation is 1. The molecule has 1 heterocycles. The highest BCUT2D eigenvalue weighted by Gasteiger charge is 1.97. The maximum atomic E-state index is 5.71. The van der Waals surface area contributed by atoms with Crippen molar-refractivity contribution in [3.8, 4) is 0 Å². The molecule has 0 bridgehead atoms. The number of pyridine rings is 1. The quantitative estimate of drug-likeness (QED) is 0.613. The Kier molecular flexibility index (Phi) is 2.09. The summed E-state index contributed by atoms with van der Waals surface area (Å²) in [6.07, 6.45) is 3.39. The molecule has 56 valence electrons. The summed E-state index contributed by atoms with van der Waals surface area (Å²) in [4.78, 5) is 4.05.